The summed E-state index contributed by atoms with van der Waals surface area (Å²) >= 11 is 0. The third kappa shape index (κ3) is 16.8. The minimum absolute atomic E-state index is 0. The predicted octanol–water partition coefficient (Wildman–Crippen LogP) is -2.36. The zero-order valence-electron chi connectivity index (χ0n) is 2.44. The van der Waals surface area contributed by atoms with E-state index >= 15 is 0 Å². The molecule has 0 aliphatic carbocycles. The van der Waals surface area contributed by atoms with Gasteiger partial charge in [0.15, 0.2) is 0 Å². The van der Waals surface area contributed by atoms with E-state index in [4.69, 9.17) is 10.8 Å². The van der Waals surface area contributed by atoms with E-state index in [0.717, 1.165) is 0 Å². The first-order valence-corrected chi connectivity index (χ1v) is 1.22. The molecule has 3 N–H and O–H groups in total. The molecule has 0 aromatic heterocycles. The summed E-state index contributed by atoms with van der Waals surface area (Å²) in [5.74, 6) is 0. The third-order valence-electron chi connectivity index (χ3n) is 0.129. The van der Waals surface area contributed by atoms with Gasteiger partial charge >= 0.3 is 59.1 Å². The standard InChI is InChI=1S/C2H7NO.2Na.2H/c3-1-2-4;;;;/h4H,1-3H2;;;;. The van der Waals surface area contributed by atoms with Crippen LogP contribution >= 0.6 is 0 Å². The summed E-state index contributed by atoms with van der Waals surface area (Å²) in [4.78, 5) is 0. The molecule has 0 aliphatic heterocycles. The van der Waals surface area contributed by atoms with Crippen molar-refractivity contribution in [1.29, 1.82) is 0 Å². The summed E-state index contributed by atoms with van der Waals surface area (Å²) in [7, 11) is 0. The maximum absolute atomic E-state index is 7.75. The molecule has 0 saturated carbocycles. The van der Waals surface area contributed by atoms with Crippen LogP contribution in [0.2, 0.25) is 0 Å². The second kappa shape index (κ2) is 15.8. The topological polar surface area (TPSA) is 46.2 Å². The molecule has 0 aliphatic rings. The van der Waals surface area contributed by atoms with Crippen molar-refractivity contribution in [3.8, 4) is 0 Å². The SMILES string of the molecule is NCCO.[NaH].[NaH]. The summed E-state index contributed by atoms with van der Waals surface area (Å²) in [6.45, 7) is 0.472. The summed E-state index contributed by atoms with van der Waals surface area (Å²) in [6.07, 6.45) is 0. The normalized spacial score (nSPS) is 5.00. The van der Waals surface area contributed by atoms with E-state index in [1.165, 1.54) is 0 Å². The van der Waals surface area contributed by atoms with Crippen LogP contribution in [-0.4, -0.2) is 77.4 Å². The van der Waals surface area contributed by atoms with Crippen LogP contribution in [0.15, 0.2) is 0 Å². The fourth-order valence-electron chi connectivity index (χ4n) is 0. The summed E-state index contributed by atoms with van der Waals surface area (Å²) in [5, 5.41) is 7.75. The number of aliphatic hydroxyl groups excluding tert-OH is 1. The minimum atomic E-state index is 0. The summed E-state index contributed by atoms with van der Waals surface area (Å²) in [6, 6.07) is 0. The zero-order chi connectivity index (χ0) is 3.41. The molecule has 0 aromatic rings. The van der Waals surface area contributed by atoms with Crippen LogP contribution in [0.25, 0.3) is 0 Å². The van der Waals surface area contributed by atoms with Crippen LogP contribution in [-0.2, 0) is 0 Å². The van der Waals surface area contributed by atoms with Gasteiger partial charge in [0.2, 0.25) is 0 Å². The van der Waals surface area contributed by atoms with Gasteiger partial charge in [-0.05, 0) is 0 Å². The van der Waals surface area contributed by atoms with Gasteiger partial charge in [-0.1, -0.05) is 0 Å². The van der Waals surface area contributed by atoms with Crippen LogP contribution in [0.4, 0.5) is 0 Å². The van der Waals surface area contributed by atoms with Crippen LogP contribution in [0, 0.1) is 0 Å². The number of nitrogens with two attached hydrogens (primary N) is 1. The third-order valence-corrected chi connectivity index (χ3v) is 0.129. The van der Waals surface area contributed by atoms with Gasteiger partial charge in [-0.25, -0.2) is 0 Å². The summed E-state index contributed by atoms with van der Waals surface area (Å²) in [5.41, 5.74) is 4.78. The molecule has 0 aromatic carbocycles. The van der Waals surface area contributed by atoms with E-state index in [1.54, 1.807) is 0 Å². The average molecular weight is 109 g/mol. The molecular formula is C2H9NNa2O. The van der Waals surface area contributed by atoms with E-state index in [9.17, 15) is 0 Å². The van der Waals surface area contributed by atoms with Crippen molar-refractivity contribution in [3.63, 3.8) is 0 Å². The molecule has 2 nitrogen and oxygen atoms in total. The Morgan fingerprint density at radius 2 is 1.50 bits per heavy atom. The number of hydrogen-bond acceptors (Lipinski definition) is 2. The molecule has 0 spiro atoms. The van der Waals surface area contributed by atoms with Crippen LogP contribution in [0.3, 0.4) is 0 Å². The van der Waals surface area contributed by atoms with E-state index in [1.807, 2.05) is 0 Å². The number of hydrogen-bond donors (Lipinski definition) is 2. The Morgan fingerprint density at radius 3 is 1.50 bits per heavy atom. The summed E-state index contributed by atoms with van der Waals surface area (Å²) < 4.78 is 0. The van der Waals surface area contributed by atoms with Gasteiger partial charge in [0, 0.05) is 6.54 Å². The molecule has 0 heterocycles. The predicted molar refractivity (Wildman–Crippen MR) is 30.4 cm³/mol. The molecule has 30 valence electrons. The fraction of sp³-hybridized carbons (Fsp3) is 1.00. The Balaban J connectivity index is -0.0000000450. The van der Waals surface area contributed by atoms with Crippen molar-refractivity contribution in [2.45, 2.75) is 0 Å². The first-order chi connectivity index (χ1) is 1.91. The quantitative estimate of drug-likeness (QED) is 0.370. The van der Waals surface area contributed by atoms with Crippen molar-refractivity contribution in [1.82, 2.24) is 0 Å². The van der Waals surface area contributed by atoms with Gasteiger partial charge in [0.1, 0.15) is 0 Å². The van der Waals surface area contributed by atoms with Crippen molar-refractivity contribution in [3.05, 3.63) is 0 Å². The Labute approximate surface area is 82.1 Å². The van der Waals surface area contributed by atoms with Crippen molar-refractivity contribution in [2.75, 3.05) is 13.2 Å². The monoisotopic (exact) mass is 109 g/mol. The molecule has 0 unspecified atom stereocenters. The number of rotatable bonds is 1. The first kappa shape index (κ1) is 15.7. The molecule has 0 radical (unpaired) electrons. The Bertz CT molecular complexity index is 13.5. The van der Waals surface area contributed by atoms with Gasteiger partial charge in [-0.3, -0.25) is 0 Å². The molecule has 6 heavy (non-hydrogen) atoms. The molecule has 0 amide bonds. The molecule has 0 atom stereocenters. The molecule has 4 heteroatoms. The van der Waals surface area contributed by atoms with Crippen LogP contribution < -0.4 is 5.73 Å². The Hall–Kier alpha value is 1.92. The first-order valence-electron chi connectivity index (χ1n) is 1.22. The molecule has 0 saturated heterocycles. The van der Waals surface area contributed by atoms with Gasteiger partial charge < -0.3 is 10.8 Å². The number of aliphatic hydroxyl groups is 1. The molecular weight excluding hydrogens is 100 g/mol. The van der Waals surface area contributed by atoms with Gasteiger partial charge in [0.05, 0.1) is 6.61 Å². The Kier molecular flexibility index (Phi) is 41.2. The molecule has 0 rings (SSSR count). The Morgan fingerprint density at radius 1 is 1.33 bits per heavy atom. The van der Waals surface area contributed by atoms with E-state index in [-0.39, 0.29) is 65.7 Å². The van der Waals surface area contributed by atoms with E-state index in [2.05, 4.69) is 0 Å². The van der Waals surface area contributed by atoms with Crippen molar-refractivity contribution >= 4 is 59.1 Å². The van der Waals surface area contributed by atoms with Crippen LogP contribution in [0.1, 0.15) is 0 Å². The van der Waals surface area contributed by atoms with Crippen molar-refractivity contribution < 1.29 is 5.11 Å². The maximum atomic E-state index is 7.75. The van der Waals surface area contributed by atoms with Crippen LogP contribution in [0.5, 0.6) is 0 Å². The second-order valence-electron chi connectivity index (χ2n) is 0.512. The zero-order valence-corrected chi connectivity index (χ0v) is 2.44. The van der Waals surface area contributed by atoms with Crippen molar-refractivity contribution in [2.24, 2.45) is 5.73 Å². The molecule has 0 fully saturated rings. The molecule has 0 bridgehead atoms. The fourth-order valence-corrected chi connectivity index (χ4v) is 0. The van der Waals surface area contributed by atoms with Gasteiger partial charge in [-0.15, -0.1) is 0 Å². The van der Waals surface area contributed by atoms with E-state index in [0.29, 0.717) is 6.54 Å². The van der Waals surface area contributed by atoms with Gasteiger partial charge in [-0.2, -0.15) is 0 Å². The average Bonchev–Trinajstić information content (AvgIpc) is 1.37. The van der Waals surface area contributed by atoms with Gasteiger partial charge in [0.25, 0.3) is 0 Å². The van der Waals surface area contributed by atoms with E-state index < -0.39 is 0 Å². The second-order valence-corrected chi connectivity index (χ2v) is 0.512.